The van der Waals surface area contributed by atoms with Crippen LogP contribution in [0, 0.1) is 0 Å². The number of rotatable bonds is 4. The lowest BCUT2D eigenvalue weighted by molar-refractivity contribution is 0.416. The summed E-state index contributed by atoms with van der Waals surface area (Å²) in [6.45, 7) is 7.67. The zero-order valence-electron chi connectivity index (χ0n) is 12.5. The molecule has 0 aliphatic rings. The van der Waals surface area contributed by atoms with Gasteiger partial charge in [0.15, 0.2) is 5.76 Å². The zero-order chi connectivity index (χ0) is 15.6. The van der Waals surface area contributed by atoms with Gasteiger partial charge in [0, 0.05) is 16.7 Å². The highest BCUT2D eigenvalue weighted by Crippen LogP contribution is 2.25. The quantitative estimate of drug-likeness (QED) is 0.920. The number of benzene rings is 1. The van der Waals surface area contributed by atoms with Crippen LogP contribution >= 0.6 is 11.6 Å². The minimum atomic E-state index is -1.16. The second-order valence-electron chi connectivity index (χ2n) is 5.84. The molecule has 0 saturated carbocycles. The molecule has 1 unspecified atom stereocenters. The molecule has 0 saturated heterocycles. The van der Waals surface area contributed by atoms with Gasteiger partial charge in [0.25, 0.3) is 0 Å². The number of aromatic nitrogens is 1. The molecule has 114 valence electrons. The summed E-state index contributed by atoms with van der Waals surface area (Å²) in [6, 6.07) is 9.04. The molecule has 2 aromatic rings. The minimum absolute atomic E-state index is 0.158. The molecule has 21 heavy (non-hydrogen) atoms. The van der Waals surface area contributed by atoms with Gasteiger partial charge in [-0.2, -0.15) is 0 Å². The van der Waals surface area contributed by atoms with E-state index in [4.69, 9.17) is 16.1 Å². The van der Waals surface area contributed by atoms with Gasteiger partial charge >= 0.3 is 0 Å². The van der Waals surface area contributed by atoms with Crippen molar-refractivity contribution < 1.29 is 8.73 Å². The lowest BCUT2D eigenvalue weighted by atomic mass is 10.1. The van der Waals surface area contributed by atoms with Gasteiger partial charge in [-0.15, -0.1) is 0 Å². The first-order valence-corrected chi connectivity index (χ1v) is 8.21. The summed E-state index contributed by atoms with van der Waals surface area (Å²) in [5.41, 5.74) is 1.62. The van der Waals surface area contributed by atoms with Gasteiger partial charge in [-0.05, 0) is 52.0 Å². The monoisotopic (exact) mass is 326 g/mol. The number of halogens is 1. The Morgan fingerprint density at radius 1 is 1.29 bits per heavy atom. The lowest BCUT2D eigenvalue weighted by Gasteiger charge is -2.20. The molecule has 1 aromatic heterocycles. The van der Waals surface area contributed by atoms with Crippen LogP contribution in [0.2, 0.25) is 5.02 Å². The average Bonchev–Trinajstić information content (AvgIpc) is 2.88. The van der Waals surface area contributed by atoms with Crippen LogP contribution in [0.3, 0.4) is 0 Å². The van der Waals surface area contributed by atoms with Gasteiger partial charge in [0.2, 0.25) is 0 Å². The van der Waals surface area contributed by atoms with Crippen LogP contribution in [-0.2, 0) is 11.0 Å². The second-order valence-corrected chi connectivity index (χ2v) is 8.28. The third-order valence-electron chi connectivity index (χ3n) is 2.94. The van der Waals surface area contributed by atoms with Crippen molar-refractivity contribution in [3.63, 3.8) is 0 Å². The topological polar surface area (TPSA) is 55.1 Å². The molecular formula is C15H19ClN2O2S. The molecule has 4 nitrogen and oxygen atoms in total. The molecule has 2 atom stereocenters. The molecular weight excluding hydrogens is 308 g/mol. The Morgan fingerprint density at radius 3 is 2.48 bits per heavy atom. The van der Waals surface area contributed by atoms with Gasteiger partial charge in [-0.1, -0.05) is 16.8 Å². The van der Waals surface area contributed by atoms with E-state index in [1.165, 1.54) is 0 Å². The molecule has 0 amide bonds. The van der Waals surface area contributed by atoms with Gasteiger partial charge in [-0.3, -0.25) is 0 Å². The number of hydrogen-bond acceptors (Lipinski definition) is 3. The Balaban J connectivity index is 2.12. The molecule has 6 heteroatoms. The maximum atomic E-state index is 12.1. The van der Waals surface area contributed by atoms with E-state index in [0.717, 1.165) is 11.3 Å². The van der Waals surface area contributed by atoms with Crippen molar-refractivity contribution in [3.05, 3.63) is 41.0 Å². The van der Waals surface area contributed by atoms with E-state index in [-0.39, 0.29) is 10.8 Å². The first-order chi connectivity index (χ1) is 9.77. The van der Waals surface area contributed by atoms with Crippen LogP contribution in [0.25, 0.3) is 11.3 Å². The maximum absolute atomic E-state index is 12.1. The van der Waals surface area contributed by atoms with Crippen molar-refractivity contribution in [2.24, 2.45) is 0 Å². The molecule has 1 N–H and O–H groups in total. The first-order valence-electron chi connectivity index (χ1n) is 6.68. The number of hydrogen-bond donors (Lipinski definition) is 1. The van der Waals surface area contributed by atoms with Crippen LogP contribution in [0.5, 0.6) is 0 Å². The lowest BCUT2D eigenvalue weighted by Crippen LogP contribution is -2.34. The van der Waals surface area contributed by atoms with E-state index in [1.54, 1.807) is 12.1 Å². The molecule has 0 aliphatic carbocycles. The third-order valence-corrected chi connectivity index (χ3v) is 4.87. The Hall–Kier alpha value is -1.17. The smallest absolute Gasteiger partial charge is 0.167 e. The standard InChI is InChI=1S/C15H19ClN2O2S/c1-10(18-21(19)15(2,3)4)13-9-14(20-17-13)11-5-7-12(16)8-6-11/h5-10,18H,1-4H3/t10-,21?/m0/s1. The predicted octanol–water partition coefficient (Wildman–Crippen LogP) is 4.11. The SMILES string of the molecule is C[C@H](NS(=O)C(C)(C)C)c1cc(-c2ccc(Cl)cc2)on1. The second kappa shape index (κ2) is 6.30. The third kappa shape index (κ3) is 4.15. The maximum Gasteiger partial charge on any atom is 0.167 e. The van der Waals surface area contributed by atoms with E-state index >= 15 is 0 Å². The summed E-state index contributed by atoms with van der Waals surface area (Å²) in [5, 5.41) is 4.72. The molecule has 1 aromatic carbocycles. The fourth-order valence-electron chi connectivity index (χ4n) is 1.64. The summed E-state index contributed by atoms with van der Waals surface area (Å²) in [4.78, 5) is 0. The number of nitrogens with one attached hydrogen (secondary N) is 1. The molecule has 0 aliphatic heterocycles. The van der Waals surface area contributed by atoms with E-state index < -0.39 is 11.0 Å². The molecule has 0 bridgehead atoms. The van der Waals surface area contributed by atoms with Gasteiger partial charge in [0.05, 0.1) is 21.8 Å². The van der Waals surface area contributed by atoms with E-state index in [9.17, 15) is 4.21 Å². The summed E-state index contributed by atoms with van der Waals surface area (Å²) < 4.78 is 20.2. The fraction of sp³-hybridized carbons (Fsp3) is 0.400. The highest BCUT2D eigenvalue weighted by atomic mass is 35.5. The van der Waals surface area contributed by atoms with E-state index in [2.05, 4.69) is 9.88 Å². The van der Waals surface area contributed by atoms with Crippen molar-refractivity contribution >= 4 is 22.6 Å². The fourth-order valence-corrected chi connectivity index (χ4v) is 2.56. The van der Waals surface area contributed by atoms with Crippen molar-refractivity contribution in [3.8, 4) is 11.3 Å². The van der Waals surface area contributed by atoms with Crippen LogP contribution in [0.1, 0.15) is 39.4 Å². The molecule has 0 fully saturated rings. The van der Waals surface area contributed by atoms with E-state index in [0.29, 0.717) is 10.8 Å². The van der Waals surface area contributed by atoms with Crippen LogP contribution in [0.15, 0.2) is 34.9 Å². The summed E-state index contributed by atoms with van der Waals surface area (Å²) in [6.07, 6.45) is 0. The zero-order valence-corrected chi connectivity index (χ0v) is 14.1. The van der Waals surface area contributed by atoms with Gasteiger partial charge in [-0.25, -0.2) is 8.93 Å². The Morgan fingerprint density at radius 2 is 1.90 bits per heavy atom. The largest absolute Gasteiger partial charge is 0.356 e. The van der Waals surface area contributed by atoms with Crippen molar-refractivity contribution in [1.82, 2.24) is 9.88 Å². The normalized spacial score (nSPS) is 14.9. The van der Waals surface area contributed by atoms with Crippen molar-refractivity contribution in [2.75, 3.05) is 0 Å². The molecule has 1 heterocycles. The highest BCUT2D eigenvalue weighted by Gasteiger charge is 2.23. The van der Waals surface area contributed by atoms with Crippen molar-refractivity contribution in [2.45, 2.75) is 38.5 Å². The molecule has 0 spiro atoms. The first kappa shape index (κ1) is 16.2. The van der Waals surface area contributed by atoms with Crippen LogP contribution in [0.4, 0.5) is 0 Å². The molecule has 0 radical (unpaired) electrons. The van der Waals surface area contributed by atoms with Crippen LogP contribution in [-0.4, -0.2) is 14.1 Å². The Kier molecular flexibility index (Phi) is 4.86. The highest BCUT2D eigenvalue weighted by molar-refractivity contribution is 7.84. The van der Waals surface area contributed by atoms with Crippen molar-refractivity contribution in [1.29, 1.82) is 0 Å². The summed E-state index contributed by atoms with van der Waals surface area (Å²) in [5.74, 6) is 0.664. The van der Waals surface area contributed by atoms with Gasteiger partial charge < -0.3 is 4.52 Å². The van der Waals surface area contributed by atoms with Crippen LogP contribution < -0.4 is 4.72 Å². The van der Waals surface area contributed by atoms with E-state index in [1.807, 2.05) is 45.9 Å². The predicted molar refractivity (Wildman–Crippen MR) is 86.4 cm³/mol. The number of nitrogens with zero attached hydrogens (tertiary/aromatic N) is 1. The summed E-state index contributed by atoms with van der Waals surface area (Å²) >= 11 is 5.86. The van der Waals surface area contributed by atoms with Gasteiger partial charge in [0.1, 0.15) is 5.69 Å². The summed E-state index contributed by atoms with van der Waals surface area (Å²) in [7, 11) is -1.16. The minimum Gasteiger partial charge on any atom is -0.356 e. The Bertz CT molecular complexity index is 632. The molecule has 2 rings (SSSR count). The Labute approximate surface area is 132 Å². The average molecular weight is 327 g/mol.